The van der Waals surface area contributed by atoms with Gasteiger partial charge in [0.25, 0.3) is 0 Å². The number of carbonyl (C=O) groups is 1. The summed E-state index contributed by atoms with van der Waals surface area (Å²) in [6.45, 7) is 7.76. The van der Waals surface area contributed by atoms with Crippen LogP contribution in [0.1, 0.15) is 16.7 Å². The van der Waals surface area contributed by atoms with E-state index in [0.29, 0.717) is 19.7 Å². The molecule has 2 aromatic rings. The second kappa shape index (κ2) is 10.7. The summed E-state index contributed by atoms with van der Waals surface area (Å²) in [5.41, 5.74) is 3.53. The van der Waals surface area contributed by atoms with Gasteiger partial charge in [-0.2, -0.15) is 0 Å². The minimum Gasteiger partial charge on any atom is -0.492 e. The number of nitrogens with one attached hydrogen (secondary N) is 2. The highest BCUT2D eigenvalue weighted by Crippen LogP contribution is 2.13. The van der Waals surface area contributed by atoms with Gasteiger partial charge in [-0.3, -0.25) is 4.90 Å². The van der Waals surface area contributed by atoms with Gasteiger partial charge >= 0.3 is 6.03 Å². The molecule has 0 aromatic heterocycles. The number of nitrogens with zero attached hydrogens (tertiary/aromatic N) is 1. The first-order valence-electron chi connectivity index (χ1n) is 9.79. The van der Waals surface area contributed by atoms with Crippen LogP contribution in [0.5, 0.6) is 5.75 Å². The van der Waals surface area contributed by atoms with Crippen molar-refractivity contribution >= 4 is 6.03 Å². The molecule has 1 fully saturated rings. The second-order valence-corrected chi connectivity index (χ2v) is 6.93. The highest BCUT2D eigenvalue weighted by molar-refractivity contribution is 5.73. The molecule has 0 spiro atoms. The fourth-order valence-corrected chi connectivity index (χ4v) is 3.16. The van der Waals surface area contributed by atoms with Crippen molar-refractivity contribution in [1.82, 2.24) is 15.5 Å². The molecule has 0 bridgehead atoms. The number of rotatable bonds is 8. The first-order chi connectivity index (χ1) is 13.7. The van der Waals surface area contributed by atoms with Gasteiger partial charge < -0.3 is 20.1 Å². The van der Waals surface area contributed by atoms with Crippen molar-refractivity contribution in [2.75, 3.05) is 39.5 Å². The topological polar surface area (TPSA) is 62.8 Å². The molecule has 6 heteroatoms. The van der Waals surface area contributed by atoms with Gasteiger partial charge in [0.1, 0.15) is 12.4 Å². The normalized spacial score (nSPS) is 14.5. The maximum absolute atomic E-state index is 12.1. The number of hydrogen-bond acceptors (Lipinski definition) is 4. The zero-order valence-electron chi connectivity index (χ0n) is 16.4. The third kappa shape index (κ3) is 6.55. The standard InChI is InChI=1S/C22H29N3O3/c1-18-5-4-8-21(15-18)28-12-9-23-22(26)24-16-19-6-2-3-7-20(19)17-25-10-13-27-14-11-25/h2-8,15H,9-14,16-17H2,1H3,(H2,23,24,26). The molecular formula is C22H29N3O3. The van der Waals surface area contributed by atoms with Gasteiger partial charge in [-0.15, -0.1) is 0 Å². The predicted octanol–water partition coefficient (Wildman–Crippen LogP) is 2.71. The Morgan fingerprint density at radius 2 is 1.86 bits per heavy atom. The van der Waals surface area contributed by atoms with Gasteiger partial charge in [0.05, 0.1) is 19.8 Å². The van der Waals surface area contributed by atoms with Crippen LogP contribution in [-0.2, 0) is 17.8 Å². The molecular weight excluding hydrogens is 354 g/mol. The quantitative estimate of drug-likeness (QED) is 0.688. The molecule has 28 heavy (non-hydrogen) atoms. The number of benzene rings is 2. The summed E-state index contributed by atoms with van der Waals surface area (Å²) in [4.78, 5) is 14.5. The largest absolute Gasteiger partial charge is 0.492 e. The van der Waals surface area contributed by atoms with Crippen LogP contribution < -0.4 is 15.4 Å². The fraction of sp³-hybridized carbons (Fsp3) is 0.409. The van der Waals surface area contributed by atoms with Gasteiger partial charge in [-0.25, -0.2) is 4.79 Å². The molecule has 150 valence electrons. The van der Waals surface area contributed by atoms with Crippen LogP contribution in [0, 0.1) is 6.92 Å². The molecule has 2 amide bonds. The van der Waals surface area contributed by atoms with Crippen LogP contribution in [0.25, 0.3) is 0 Å². The van der Waals surface area contributed by atoms with E-state index in [0.717, 1.165) is 49.7 Å². The first-order valence-corrected chi connectivity index (χ1v) is 9.79. The van der Waals surface area contributed by atoms with Crippen molar-refractivity contribution in [3.05, 3.63) is 65.2 Å². The minimum absolute atomic E-state index is 0.186. The van der Waals surface area contributed by atoms with Gasteiger partial charge in [-0.05, 0) is 35.7 Å². The number of ether oxygens (including phenoxy) is 2. The third-order valence-corrected chi connectivity index (χ3v) is 4.70. The highest BCUT2D eigenvalue weighted by Gasteiger charge is 2.13. The maximum atomic E-state index is 12.1. The Hall–Kier alpha value is -2.57. The summed E-state index contributed by atoms with van der Waals surface area (Å²) in [5, 5.41) is 5.77. The molecule has 0 atom stereocenters. The monoisotopic (exact) mass is 383 g/mol. The Kier molecular flexibility index (Phi) is 7.70. The molecule has 0 radical (unpaired) electrons. The summed E-state index contributed by atoms with van der Waals surface area (Å²) in [5.74, 6) is 0.819. The molecule has 6 nitrogen and oxygen atoms in total. The summed E-state index contributed by atoms with van der Waals surface area (Å²) in [6.07, 6.45) is 0. The van der Waals surface area contributed by atoms with Crippen LogP contribution in [-0.4, -0.2) is 50.4 Å². The number of amides is 2. The van der Waals surface area contributed by atoms with E-state index in [4.69, 9.17) is 9.47 Å². The van der Waals surface area contributed by atoms with E-state index in [9.17, 15) is 4.79 Å². The van der Waals surface area contributed by atoms with E-state index >= 15 is 0 Å². The molecule has 0 unspecified atom stereocenters. The zero-order chi connectivity index (χ0) is 19.6. The van der Waals surface area contributed by atoms with E-state index in [1.165, 1.54) is 5.56 Å². The first kappa shape index (κ1) is 20.2. The van der Waals surface area contributed by atoms with E-state index in [2.05, 4.69) is 27.7 Å². The fourth-order valence-electron chi connectivity index (χ4n) is 3.16. The average molecular weight is 383 g/mol. The van der Waals surface area contributed by atoms with E-state index in [-0.39, 0.29) is 6.03 Å². The van der Waals surface area contributed by atoms with Crippen molar-refractivity contribution in [1.29, 1.82) is 0 Å². The smallest absolute Gasteiger partial charge is 0.315 e. The van der Waals surface area contributed by atoms with Gasteiger partial charge in [0.2, 0.25) is 0 Å². The molecule has 1 aliphatic heterocycles. The van der Waals surface area contributed by atoms with Crippen LogP contribution in [0.3, 0.4) is 0 Å². The number of aryl methyl sites for hydroxylation is 1. The Morgan fingerprint density at radius 1 is 1.07 bits per heavy atom. The Morgan fingerprint density at radius 3 is 2.64 bits per heavy atom. The summed E-state index contributed by atoms with van der Waals surface area (Å²) in [6, 6.07) is 15.9. The SMILES string of the molecule is Cc1cccc(OCCNC(=O)NCc2ccccc2CN2CCOCC2)c1. The highest BCUT2D eigenvalue weighted by atomic mass is 16.5. The Labute approximate surface area is 166 Å². The van der Waals surface area contributed by atoms with E-state index < -0.39 is 0 Å². The van der Waals surface area contributed by atoms with Gasteiger partial charge in [0.15, 0.2) is 0 Å². The van der Waals surface area contributed by atoms with E-state index in [1.54, 1.807) is 0 Å². The molecule has 3 rings (SSSR count). The Bertz CT molecular complexity index is 760. The number of hydrogen-bond donors (Lipinski definition) is 2. The molecule has 1 heterocycles. The number of carbonyl (C=O) groups excluding carboxylic acids is 1. The van der Waals surface area contributed by atoms with Crippen LogP contribution in [0.15, 0.2) is 48.5 Å². The molecule has 1 aliphatic rings. The van der Waals surface area contributed by atoms with Crippen molar-refractivity contribution in [2.45, 2.75) is 20.0 Å². The Balaban J connectivity index is 1.39. The van der Waals surface area contributed by atoms with Gasteiger partial charge in [-0.1, -0.05) is 36.4 Å². The summed E-state index contributed by atoms with van der Waals surface area (Å²) in [7, 11) is 0. The van der Waals surface area contributed by atoms with Crippen LogP contribution >= 0.6 is 0 Å². The van der Waals surface area contributed by atoms with Crippen molar-refractivity contribution in [3.63, 3.8) is 0 Å². The average Bonchev–Trinajstić information content (AvgIpc) is 2.71. The maximum Gasteiger partial charge on any atom is 0.315 e. The summed E-state index contributed by atoms with van der Waals surface area (Å²) < 4.78 is 11.1. The lowest BCUT2D eigenvalue weighted by Crippen LogP contribution is -2.38. The number of morpholine rings is 1. The van der Waals surface area contributed by atoms with E-state index in [1.807, 2.05) is 43.3 Å². The number of urea groups is 1. The minimum atomic E-state index is -0.186. The van der Waals surface area contributed by atoms with Crippen LogP contribution in [0.4, 0.5) is 4.79 Å². The lowest BCUT2D eigenvalue weighted by atomic mass is 10.1. The van der Waals surface area contributed by atoms with Gasteiger partial charge in [0, 0.05) is 26.2 Å². The molecule has 2 N–H and O–H groups in total. The molecule has 0 saturated carbocycles. The molecule has 2 aromatic carbocycles. The predicted molar refractivity (Wildman–Crippen MR) is 109 cm³/mol. The van der Waals surface area contributed by atoms with Crippen LogP contribution in [0.2, 0.25) is 0 Å². The van der Waals surface area contributed by atoms with Crippen molar-refractivity contribution < 1.29 is 14.3 Å². The van der Waals surface area contributed by atoms with Crippen molar-refractivity contribution in [3.8, 4) is 5.75 Å². The zero-order valence-corrected chi connectivity index (χ0v) is 16.4. The molecule has 0 aliphatic carbocycles. The molecule has 1 saturated heterocycles. The lowest BCUT2D eigenvalue weighted by molar-refractivity contribution is 0.0341. The summed E-state index contributed by atoms with van der Waals surface area (Å²) >= 11 is 0. The second-order valence-electron chi connectivity index (χ2n) is 6.93. The van der Waals surface area contributed by atoms with Crippen molar-refractivity contribution in [2.24, 2.45) is 0 Å². The lowest BCUT2D eigenvalue weighted by Gasteiger charge is -2.27. The third-order valence-electron chi connectivity index (χ3n) is 4.70.